The van der Waals surface area contributed by atoms with Crippen LogP contribution in [0.15, 0.2) is 24.3 Å². The molecule has 0 aromatic rings. The molecular formula is C11H18O2. The maximum Gasteiger partial charge on any atom is 0.303 e. The molecule has 1 N–H and O–H groups in total. The summed E-state index contributed by atoms with van der Waals surface area (Å²) in [6, 6.07) is 0. The maximum absolute atomic E-state index is 10.1. The third kappa shape index (κ3) is 10.9. The summed E-state index contributed by atoms with van der Waals surface area (Å²) in [5.41, 5.74) is 0. The van der Waals surface area contributed by atoms with E-state index in [1.165, 1.54) is 6.42 Å². The number of carboxylic acid groups (broad SMARTS) is 1. The number of carbonyl (C=O) groups is 1. The molecule has 0 aliphatic heterocycles. The molecule has 0 fully saturated rings. The van der Waals surface area contributed by atoms with Gasteiger partial charge in [-0.1, -0.05) is 37.6 Å². The number of allylic oxidation sites excluding steroid dienone is 4. The molecule has 2 nitrogen and oxygen atoms in total. The fraction of sp³-hybridized carbons (Fsp3) is 0.545. The molecule has 0 bridgehead atoms. The summed E-state index contributed by atoms with van der Waals surface area (Å²) in [5.74, 6) is -0.713. The zero-order chi connectivity index (χ0) is 9.94. The van der Waals surface area contributed by atoms with Crippen LogP contribution in [0.5, 0.6) is 0 Å². The number of rotatable bonds is 7. The molecular weight excluding hydrogens is 164 g/mol. The van der Waals surface area contributed by atoms with Crippen molar-refractivity contribution in [1.29, 1.82) is 0 Å². The van der Waals surface area contributed by atoms with E-state index in [-0.39, 0.29) is 6.42 Å². The van der Waals surface area contributed by atoms with Gasteiger partial charge in [0.05, 0.1) is 0 Å². The standard InChI is InChI=1S/C11H18O2/c1-2-3-4-5-6-7-8-9-10-11(12)13/h4-7H,2-3,8-10H2,1H3,(H,12,13). The summed E-state index contributed by atoms with van der Waals surface area (Å²) in [6.07, 6.45) is 12.3. The van der Waals surface area contributed by atoms with Gasteiger partial charge in [0.1, 0.15) is 0 Å². The normalized spacial score (nSPS) is 11.5. The Morgan fingerprint density at radius 1 is 1.23 bits per heavy atom. The van der Waals surface area contributed by atoms with Crippen molar-refractivity contribution in [3.8, 4) is 0 Å². The molecule has 0 aliphatic carbocycles. The minimum atomic E-state index is -0.713. The highest BCUT2D eigenvalue weighted by molar-refractivity contribution is 5.66. The Hall–Kier alpha value is -1.05. The monoisotopic (exact) mass is 182 g/mol. The first-order valence-corrected chi connectivity index (χ1v) is 4.80. The molecule has 0 amide bonds. The zero-order valence-corrected chi connectivity index (χ0v) is 8.20. The molecule has 0 spiro atoms. The Kier molecular flexibility index (Phi) is 8.31. The summed E-state index contributed by atoms with van der Waals surface area (Å²) >= 11 is 0. The lowest BCUT2D eigenvalue weighted by molar-refractivity contribution is -0.137. The van der Waals surface area contributed by atoms with Gasteiger partial charge in [-0.25, -0.2) is 0 Å². The molecule has 13 heavy (non-hydrogen) atoms. The first-order chi connectivity index (χ1) is 6.27. The number of hydrogen-bond acceptors (Lipinski definition) is 1. The van der Waals surface area contributed by atoms with Crippen LogP contribution in [0.3, 0.4) is 0 Å². The lowest BCUT2D eigenvalue weighted by atomic mass is 10.2. The van der Waals surface area contributed by atoms with E-state index >= 15 is 0 Å². The summed E-state index contributed by atoms with van der Waals surface area (Å²) in [4.78, 5) is 10.1. The molecule has 0 aromatic heterocycles. The van der Waals surface area contributed by atoms with Crippen LogP contribution >= 0.6 is 0 Å². The predicted molar refractivity (Wildman–Crippen MR) is 54.7 cm³/mol. The second-order valence-electron chi connectivity index (χ2n) is 2.93. The molecule has 0 saturated carbocycles. The predicted octanol–water partition coefficient (Wildman–Crippen LogP) is 3.15. The Morgan fingerprint density at radius 3 is 2.38 bits per heavy atom. The quantitative estimate of drug-likeness (QED) is 0.485. The molecule has 0 radical (unpaired) electrons. The van der Waals surface area contributed by atoms with Crippen LogP contribution in [-0.4, -0.2) is 11.1 Å². The van der Waals surface area contributed by atoms with Crippen LogP contribution in [0.1, 0.15) is 39.0 Å². The number of hydrogen-bond donors (Lipinski definition) is 1. The van der Waals surface area contributed by atoms with Gasteiger partial charge in [-0.15, -0.1) is 0 Å². The van der Waals surface area contributed by atoms with E-state index in [9.17, 15) is 4.79 Å². The molecule has 0 saturated heterocycles. The number of unbranched alkanes of at least 4 members (excludes halogenated alkanes) is 2. The van der Waals surface area contributed by atoms with Gasteiger partial charge in [0.2, 0.25) is 0 Å². The first-order valence-electron chi connectivity index (χ1n) is 4.80. The maximum atomic E-state index is 10.1. The van der Waals surface area contributed by atoms with Gasteiger partial charge >= 0.3 is 5.97 Å². The fourth-order valence-electron chi connectivity index (χ4n) is 0.887. The van der Waals surface area contributed by atoms with Crippen molar-refractivity contribution in [2.24, 2.45) is 0 Å². The summed E-state index contributed by atoms with van der Waals surface area (Å²) in [5, 5.41) is 8.35. The van der Waals surface area contributed by atoms with Crippen molar-refractivity contribution in [3.63, 3.8) is 0 Å². The number of aliphatic carboxylic acids is 1. The van der Waals surface area contributed by atoms with Crippen LogP contribution in [-0.2, 0) is 4.79 Å². The van der Waals surface area contributed by atoms with Crippen LogP contribution < -0.4 is 0 Å². The van der Waals surface area contributed by atoms with Crippen molar-refractivity contribution < 1.29 is 9.90 Å². The van der Waals surface area contributed by atoms with Gasteiger partial charge in [-0.2, -0.15) is 0 Å². The van der Waals surface area contributed by atoms with E-state index in [2.05, 4.69) is 13.0 Å². The van der Waals surface area contributed by atoms with Crippen LogP contribution in [0, 0.1) is 0 Å². The van der Waals surface area contributed by atoms with Crippen LogP contribution in [0.4, 0.5) is 0 Å². The van der Waals surface area contributed by atoms with Gasteiger partial charge in [0, 0.05) is 6.42 Å². The molecule has 0 rings (SSSR count). The highest BCUT2D eigenvalue weighted by atomic mass is 16.4. The average molecular weight is 182 g/mol. The van der Waals surface area contributed by atoms with E-state index in [1.807, 2.05) is 18.2 Å². The van der Waals surface area contributed by atoms with Gasteiger partial charge in [0.15, 0.2) is 0 Å². The Labute approximate surface area is 80.0 Å². The third-order valence-electron chi connectivity index (χ3n) is 1.60. The lowest BCUT2D eigenvalue weighted by Crippen LogP contribution is -1.92. The molecule has 2 heteroatoms. The van der Waals surface area contributed by atoms with E-state index < -0.39 is 5.97 Å². The zero-order valence-electron chi connectivity index (χ0n) is 8.20. The van der Waals surface area contributed by atoms with Crippen molar-refractivity contribution in [3.05, 3.63) is 24.3 Å². The minimum Gasteiger partial charge on any atom is -0.481 e. The third-order valence-corrected chi connectivity index (χ3v) is 1.60. The fourth-order valence-corrected chi connectivity index (χ4v) is 0.887. The minimum absolute atomic E-state index is 0.267. The largest absolute Gasteiger partial charge is 0.481 e. The van der Waals surface area contributed by atoms with Crippen molar-refractivity contribution in [1.82, 2.24) is 0 Å². The molecule has 0 unspecified atom stereocenters. The van der Waals surface area contributed by atoms with Crippen molar-refractivity contribution in [2.45, 2.75) is 39.0 Å². The number of carboxylic acids is 1. The van der Waals surface area contributed by atoms with Gasteiger partial charge in [-0.3, -0.25) is 4.79 Å². The van der Waals surface area contributed by atoms with Crippen molar-refractivity contribution >= 4 is 5.97 Å². The first kappa shape index (κ1) is 11.9. The Balaban J connectivity index is 3.26. The highest BCUT2D eigenvalue weighted by Crippen LogP contribution is 1.97. The second-order valence-corrected chi connectivity index (χ2v) is 2.93. The molecule has 74 valence electrons. The average Bonchev–Trinajstić information content (AvgIpc) is 2.09. The van der Waals surface area contributed by atoms with E-state index in [1.54, 1.807) is 0 Å². The summed E-state index contributed by atoms with van der Waals surface area (Å²) < 4.78 is 0. The van der Waals surface area contributed by atoms with E-state index in [0.29, 0.717) is 0 Å². The smallest absolute Gasteiger partial charge is 0.303 e. The molecule has 0 aromatic carbocycles. The SMILES string of the molecule is CCCC=CC=CCCCC(=O)O. The Bertz CT molecular complexity index is 181. The molecule has 0 atom stereocenters. The van der Waals surface area contributed by atoms with Crippen LogP contribution in [0.25, 0.3) is 0 Å². The van der Waals surface area contributed by atoms with E-state index in [4.69, 9.17) is 5.11 Å². The van der Waals surface area contributed by atoms with Crippen molar-refractivity contribution in [2.75, 3.05) is 0 Å². The van der Waals surface area contributed by atoms with Gasteiger partial charge in [-0.05, 0) is 19.3 Å². The molecule has 0 aliphatic rings. The van der Waals surface area contributed by atoms with Gasteiger partial charge < -0.3 is 5.11 Å². The molecule has 0 heterocycles. The topological polar surface area (TPSA) is 37.3 Å². The summed E-state index contributed by atoms with van der Waals surface area (Å²) in [7, 11) is 0. The van der Waals surface area contributed by atoms with Crippen LogP contribution in [0.2, 0.25) is 0 Å². The lowest BCUT2D eigenvalue weighted by Gasteiger charge is -1.89. The summed E-state index contributed by atoms with van der Waals surface area (Å²) in [6.45, 7) is 2.14. The second kappa shape index (κ2) is 9.04. The van der Waals surface area contributed by atoms with Gasteiger partial charge in [0.25, 0.3) is 0 Å². The highest BCUT2D eigenvalue weighted by Gasteiger charge is 1.92. The van der Waals surface area contributed by atoms with E-state index in [0.717, 1.165) is 19.3 Å². The Morgan fingerprint density at radius 2 is 1.85 bits per heavy atom.